The fourth-order valence-electron chi connectivity index (χ4n) is 4.48. The second-order valence-electron chi connectivity index (χ2n) is 7.57. The molecule has 132 valence electrons. The van der Waals surface area contributed by atoms with E-state index in [1.165, 1.54) is 54.6 Å². The average molecular weight is 357 g/mol. The second kappa shape index (κ2) is 5.71. The zero-order valence-corrected chi connectivity index (χ0v) is 15.7. The van der Waals surface area contributed by atoms with E-state index in [1.807, 2.05) is 0 Å². The molecule has 5 aromatic carbocycles. The molecule has 1 nitrogen and oxygen atoms in total. The molecule has 0 atom stereocenters. The van der Waals surface area contributed by atoms with Gasteiger partial charge in [-0.3, -0.25) is 0 Å². The van der Waals surface area contributed by atoms with Gasteiger partial charge >= 0.3 is 0 Å². The Bertz CT molecular complexity index is 1520. The lowest BCUT2D eigenvalue weighted by Gasteiger charge is -2.11. The molecule has 6 aromatic rings. The summed E-state index contributed by atoms with van der Waals surface area (Å²) in [5.41, 5.74) is 5.04. The van der Waals surface area contributed by atoms with Crippen LogP contribution in [0, 0.1) is 6.92 Å². The number of nitrogens with zero attached hydrogens (tertiary/aromatic N) is 1. The first-order valence-electron chi connectivity index (χ1n) is 9.71. The second-order valence-corrected chi connectivity index (χ2v) is 7.57. The number of fused-ring (bicyclic) bond motifs is 6. The Labute approximate surface area is 163 Å². The van der Waals surface area contributed by atoms with Gasteiger partial charge in [0.15, 0.2) is 0 Å². The van der Waals surface area contributed by atoms with E-state index >= 15 is 0 Å². The summed E-state index contributed by atoms with van der Waals surface area (Å²) in [5, 5.41) is 7.73. The Morgan fingerprint density at radius 3 is 2.18 bits per heavy atom. The van der Waals surface area contributed by atoms with Crippen molar-refractivity contribution < 1.29 is 0 Å². The smallest absolute Gasteiger partial charge is 0.0619 e. The summed E-state index contributed by atoms with van der Waals surface area (Å²) in [6.07, 6.45) is 0. The third-order valence-corrected chi connectivity index (χ3v) is 5.80. The molecule has 1 aromatic heterocycles. The molecule has 0 aliphatic heterocycles. The number of hydrogen-bond acceptors (Lipinski definition) is 0. The fraction of sp³-hybridized carbons (Fsp3) is 0.0370. The molecule has 0 saturated heterocycles. The van der Waals surface area contributed by atoms with Gasteiger partial charge in [0.25, 0.3) is 0 Å². The molecule has 0 amide bonds. The molecule has 1 heterocycles. The van der Waals surface area contributed by atoms with Crippen LogP contribution < -0.4 is 0 Å². The van der Waals surface area contributed by atoms with E-state index in [2.05, 4.69) is 109 Å². The summed E-state index contributed by atoms with van der Waals surface area (Å²) < 4.78 is 2.43. The van der Waals surface area contributed by atoms with Gasteiger partial charge in [-0.05, 0) is 47.3 Å². The van der Waals surface area contributed by atoms with E-state index in [1.54, 1.807) is 0 Å². The van der Waals surface area contributed by atoms with Crippen LogP contribution >= 0.6 is 0 Å². The maximum Gasteiger partial charge on any atom is 0.0619 e. The standard InChI is InChI=1S/C27H19N/c1-18-10-15-26-25(16-18)24-14-12-20-7-4-5-9-23(20)27(24)28(26)22-13-11-19-6-2-3-8-21(19)17-22/h2-17H,1H3. The van der Waals surface area contributed by atoms with Crippen molar-refractivity contribution in [2.75, 3.05) is 0 Å². The highest BCUT2D eigenvalue weighted by Crippen LogP contribution is 2.37. The third-order valence-electron chi connectivity index (χ3n) is 5.80. The zero-order valence-electron chi connectivity index (χ0n) is 15.7. The monoisotopic (exact) mass is 357 g/mol. The molecule has 0 bridgehead atoms. The molecule has 0 saturated carbocycles. The lowest BCUT2D eigenvalue weighted by molar-refractivity contribution is 1.19. The van der Waals surface area contributed by atoms with Crippen LogP contribution in [0.3, 0.4) is 0 Å². The van der Waals surface area contributed by atoms with Crippen LogP contribution in [0.1, 0.15) is 5.56 Å². The number of hydrogen-bond donors (Lipinski definition) is 0. The van der Waals surface area contributed by atoms with E-state index in [0.717, 1.165) is 0 Å². The minimum absolute atomic E-state index is 1.21. The molecule has 0 N–H and O–H groups in total. The van der Waals surface area contributed by atoms with E-state index in [9.17, 15) is 0 Å². The first-order valence-corrected chi connectivity index (χ1v) is 9.71. The molecular formula is C27H19N. The highest BCUT2D eigenvalue weighted by atomic mass is 15.0. The summed E-state index contributed by atoms with van der Waals surface area (Å²) in [6, 6.07) is 35.3. The maximum atomic E-state index is 2.43. The van der Waals surface area contributed by atoms with Crippen LogP contribution in [-0.4, -0.2) is 4.57 Å². The fourth-order valence-corrected chi connectivity index (χ4v) is 4.48. The van der Waals surface area contributed by atoms with Gasteiger partial charge in [-0.25, -0.2) is 0 Å². The Kier molecular flexibility index (Phi) is 3.15. The predicted molar refractivity (Wildman–Crippen MR) is 121 cm³/mol. The van der Waals surface area contributed by atoms with E-state index in [4.69, 9.17) is 0 Å². The Balaban J connectivity index is 1.84. The number of aromatic nitrogens is 1. The predicted octanol–water partition coefficient (Wildman–Crippen LogP) is 7.40. The van der Waals surface area contributed by atoms with Gasteiger partial charge in [0, 0.05) is 21.8 Å². The average Bonchev–Trinajstić information content (AvgIpc) is 3.07. The number of aryl methyl sites for hydroxylation is 1. The minimum atomic E-state index is 1.21. The van der Waals surface area contributed by atoms with E-state index in [0.29, 0.717) is 0 Å². The Hall–Kier alpha value is -3.58. The van der Waals surface area contributed by atoms with E-state index in [-0.39, 0.29) is 0 Å². The van der Waals surface area contributed by atoms with Gasteiger partial charge in [0.1, 0.15) is 0 Å². The highest BCUT2D eigenvalue weighted by Gasteiger charge is 2.15. The Morgan fingerprint density at radius 1 is 0.536 bits per heavy atom. The molecule has 0 aliphatic rings. The van der Waals surface area contributed by atoms with Crippen molar-refractivity contribution in [2.45, 2.75) is 6.92 Å². The van der Waals surface area contributed by atoms with Crippen molar-refractivity contribution in [3.8, 4) is 5.69 Å². The molecule has 6 rings (SSSR count). The molecule has 0 aliphatic carbocycles. The van der Waals surface area contributed by atoms with Gasteiger partial charge in [-0.15, -0.1) is 0 Å². The summed E-state index contributed by atoms with van der Waals surface area (Å²) in [4.78, 5) is 0. The lowest BCUT2D eigenvalue weighted by atomic mass is 10.0. The SMILES string of the molecule is Cc1ccc2c(c1)c1ccc3ccccc3c1n2-c1ccc2ccccc2c1. The van der Waals surface area contributed by atoms with Gasteiger partial charge in [-0.2, -0.15) is 0 Å². The lowest BCUT2D eigenvalue weighted by Crippen LogP contribution is -1.94. The van der Waals surface area contributed by atoms with Gasteiger partial charge in [-0.1, -0.05) is 78.4 Å². The largest absolute Gasteiger partial charge is 0.309 e. The van der Waals surface area contributed by atoms with Crippen LogP contribution in [0.5, 0.6) is 0 Å². The third kappa shape index (κ3) is 2.13. The van der Waals surface area contributed by atoms with Crippen molar-refractivity contribution in [3.63, 3.8) is 0 Å². The van der Waals surface area contributed by atoms with Crippen LogP contribution in [-0.2, 0) is 0 Å². The molecule has 1 heteroatoms. The van der Waals surface area contributed by atoms with Crippen LogP contribution in [0.4, 0.5) is 0 Å². The maximum absolute atomic E-state index is 2.43. The van der Waals surface area contributed by atoms with Crippen molar-refractivity contribution in [3.05, 3.63) is 103 Å². The summed E-state index contributed by atoms with van der Waals surface area (Å²) in [7, 11) is 0. The summed E-state index contributed by atoms with van der Waals surface area (Å²) >= 11 is 0. The highest BCUT2D eigenvalue weighted by molar-refractivity contribution is 6.18. The van der Waals surface area contributed by atoms with Crippen LogP contribution in [0.25, 0.3) is 49.0 Å². The number of rotatable bonds is 1. The van der Waals surface area contributed by atoms with Gasteiger partial charge < -0.3 is 4.57 Å². The van der Waals surface area contributed by atoms with E-state index < -0.39 is 0 Å². The Morgan fingerprint density at radius 2 is 1.29 bits per heavy atom. The van der Waals surface area contributed by atoms with Gasteiger partial charge in [0.2, 0.25) is 0 Å². The first-order chi connectivity index (χ1) is 13.8. The first kappa shape index (κ1) is 15.5. The van der Waals surface area contributed by atoms with Crippen LogP contribution in [0.2, 0.25) is 0 Å². The van der Waals surface area contributed by atoms with Gasteiger partial charge in [0.05, 0.1) is 11.0 Å². The molecule has 0 spiro atoms. The van der Waals surface area contributed by atoms with Crippen molar-refractivity contribution in [1.29, 1.82) is 0 Å². The molecule has 0 radical (unpaired) electrons. The molecule has 0 fully saturated rings. The zero-order chi connectivity index (χ0) is 18.7. The van der Waals surface area contributed by atoms with Crippen molar-refractivity contribution >= 4 is 43.4 Å². The molecular weight excluding hydrogens is 338 g/mol. The summed E-state index contributed by atoms with van der Waals surface area (Å²) in [5.74, 6) is 0. The topological polar surface area (TPSA) is 4.93 Å². The normalized spacial score (nSPS) is 11.8. The van der Waals surface area contributed by atoms with Crippen LogP contribution in [0.15, 0.2) is 97.1 Å². The molecule has 28 heavy (non-hydrogen) atoms. The quantitative estimate of drug-likeness (QED) is 0.289. The van der Waals surface area contributed by atoms with Crippen molar-refractivity contribution in [2.24, 2.45) is 0 Å². The summed E-state index contributed by atoms with van der Waals surface area (Å²) in [6.45, 7) is 2.17. The molecule has 0 unspecified atom stereocenters. The number of benzene rings is 5. The minimum Gasteiger partial charge on any atom is -0.309 e. The van der Waals surface area contributed by atoms with Crippen molar-refractivity contribution in [1.82, 2.24) is 4.57 Å².